The quantitative estimate of drug-likeness (QED) is 0.293. The molecule has 7 nitrogen and oxygen atoms in total. The van der Waals surface area contributed by atoms with E-state index in [0.29, 0.717) is 0 Å². The Balaban J connectivity index is 1.77. The van der Waals surface area contributed by atoms with Crippen molar-refractivity contribution < 1.29 is 28.5 Å². The molecule has 1 N–H and O–H groups in total. The second-order valence-electron chi connectivity index (χ2n) is 7.36. The van der Waals surface area contributed by atoms with Gasteiger partial charge < -0.3 is 23.7 Å². The first-order chi connectivity index (χ1) is 13.6. The molecule has 1 unspecified atom stereocenters. The molecule has 2 saturated heterocycles. The Morgan fingerprint density at radius 3 is 2.62 bits per heavy atom. The van der Waals surface area contributed by atoms with E-state index in [1.54, 1.807) is 0 Å². The Kier molecular flexibility index (Phi) is 6.98. The van der Waals surface area contributed by atoms with Crippen LogP contribution in [0.3, 0.4) is 0 Å². The summed E-state index contributed by atoms with van der Waals surface area (Å²) in [5.41, 5.74) is -0.323. The Morgan fingerprint density at radius 2 is 2.00 bits per heavy atom. The number of nitrogens with one attached hydrogen (secondary N) is 1. The Hall–Kier alpha value is -1.09. The van der Waals surface area contributed by atoms with E-state index in [9.17, 15) is 4.79 Å². The van der Waals surface area contributed by atoms with Gasteiger partial charge in [-0.1, -0.05) is 79.0 Å². The zero-order valence-corrected chi connectivity index (χ0v) is 18.2. The third kappa shape index (κ3) is 5.34. The first-order valence-electron chi connectivity index (χ1n) is 9.08. The molecule has 0 radical (unpaired) electrons. The van der Waals surface area contributed by atoms with Crippen LogP contribution in [0.25, 0.3) is 0 Å². The van der Waals surface area contributed by atoms with Crippen LogP contribution in [-0.4, -0.2) is 46.9 Å². The van der Waals surface area contributed by atoms with Crippen LogP contribution in [0, 0.1) is 11.3 Å². The molecule has 0 amide bonds. The molecule has 0 aliphatic carbocycles. The van der Waals surface area contributed by atoms with Crippen LogP contribution in [0.2, 0.25) is 0 Å². The van der Waals surface area contributed by atoms with Gasteiger partial charge in [0.25, 0.3) is 3.79 Å². The van der Waals surface area contributed by atoms with Crippen molar-refractivity contribution in [1.29, 1.82) is 5.41 Å². The van der Waals surface area contributed by atoms with E-state index in [0.717, 1.165) is 5.56 Å². The van der Waals surface area contributed by atoms with Crippen LogP contribution in [0.4, 0.5) is 0 Å². The van der Waals surface area contributed by atoms with Crippen molar-refractivity contribution in [3.63, 3.8) is 0 Å². The van der Waals surface area contributed by atoms with Gasteiger partial charge in [0.2, 0.25) is 12.2 Å². The monoisotopic (exact) mass is 465 g/mol. The van der Waals surface area contributed by atoms with E-state index >= 15 is 0 Å². The number of ether oxygens (including phenoxy) is 5. The van der Waals surface area contributed by atoms with E-state index in [1.807, 2.05) is 44.2 Å². The number of hydrogen-bond donors (Lipinski definition) is 1. The van der Waals surface area contributed by atoms with Gasteiger partial charge in [-0.3, -0.25) is 10.2 Å². The van der Waals surface area contributed by atoms with Crippen LogP contribution in [0.1, 0.15) is 32.1 Å². The van der Waals surface area contributed by atoms with Gasteiger partial charge >= 0.3 is 5.97 Å². The molecule has 1 aromatic carbocycles. The predicted molar refractivity (Wildman–Crippen MR) is 107 cm³/mol. The van der Waals surface area contributed by atoms with E-state index in [1.165, 1.54) is 0 Å². The number of benzene rings is 1. The maximum absolute atomic E-state index is 12.1. The molecule has 10 heteroatoms. The lowest BCUT2D eigenvalue weighted by atomic mass is 10.0. The number of alkyl halides is 3. The second kappa shape index (κ2) is 8.96. The van der Waals surface area contributed by atoms with Gasteiger partial charge in [-0.05, 0) is 5.92 Å². The van der Waals surface area contributed by atoms with Gasteiger partial charge in [0.15, 0.2) is 18.0 Å². The van der Waals surface area contributed by atoms with Crippen molar-refractivity contribution in [3.05, 3.63) is 35.9 Å². The average Bonchev–Trinajstić information content (AvgIpc) is 3.17. The Morgan fingerprint density at radius 1 is 1.31 bits per heavy atom. The number of rotatable bonds is 6. The molecule has 2 aliphatic rings. The summed E-state index contributed by atoms with van der Waals surface area (Å²) in [4.78, 5) is 12.1. The number of fused-ring (bicyclic) bond motifs is 1. The first kappa shape index (κ1) is 22.6. The highest BCUT2D eigenvalue weighted by Crippen LogP contribution is 2.45. The van der Waals surface area contributed by atoms with Crippen LogP contribution in [0.15, 0.2) is 30.3 Å². The van der Waals surface area contributed by atoms with E-state index in [2.05, 4.69) is 0 Å². The third-order valence-electron chi connectivity index (χ3n) is 4.49. The number of esters is 1. The molecule has 160 valence electrons. The van der Waals surface area contributed by atoms with Crippen molar-refractivity contribution in [1.82, 2.24) is 0 Å². The summed E-state index contributed by atoms with van der Waals surface area (Å²) in [6.45, 7) is 3.78. The zero-order valence-electron chi connectivity index (χ0n) is 15.9. The number of carbonyl (C=O) groups excluding carboxylic acids is 1. The molecule has 4 atom stereocenters. The molecule has 0 spiro atoms. The van der Waals surface area contributed by atoms with Crippen molar-refractivity contribution in [2.45, 2.75) is 48.3 Å². The van der Waals surface area contributed by atoms with E-state index in [4.69, 9.17) is 63.9 Å². The largest absolute Gasteiger partial charge is 0.462 e. The maximum Gasteiger partial charge on any atom is 0.306 e. The first-order valence-corrected chi connectivity index (χ1v) is 10.2. The molecule has 3 rings (SSSR count). The van der Waals surface area contributed by atoms with E-state index in [-0.39, 0.29) is 31.5 Å². The van der Waals surface area contributed by atoms with Gasteiger partial charge in [0.05, 0.1) is 6.61 Å². The standard InChI is InChI=1S/C19H22Cl3NO6/c1-11(2)8-13(24)25-9-18-10-26-16(28-17(23)19(20,21)22)14(18)27-15(29-18)12-6-4-3-5-7-12/h3-7,11,14-16,23H,8-10H2,1-2H3/t14-,15?,16-,18+/m0/s1. The highest BCUT2D eigenvalue weighted by Gasteiger charge is 2.61. The summed E-state index contributed by atoms with van der Waals surface area (Å²) in [6.07, 6.45) is -2.30. The van der Waals surface area contributed by atoms with Gasteiger partial charge in [0.1, 0.15) is 6.61 Å². The average molecular weight is 467 g/mol. The highest BCUT2D eigenvalue weighted by atomic mass is 35.6. The van der Waals surface area contributed by atoms with Crippen LogP contribution >= 0.6 is 34.8 Å². The van der Waals surface area contributed by atoms with E-state index < -0.39 is 34.0 Å². The Labute approximate surface area is 183 Å². The second-order valence-corrected chi connectivity index (χ2v) is 9.65. The minimum Gasteiger partial charge on any atom is -0.462 e. The number of hydrogen-bond acceptors (Lipinski definition) is 7. The predicted octanol–water partition coefficient (Wildman–Crippen LogP) is 4.15. The molecule has 2 aliphatic heterocycles. The summed E-state index contributed by atoms with van der Waals surface area (Å²) in [6, 6.07) is 9.29. The van der Waals surface area contributed by atoms with Gasteiger partial charge in [-0.15, -0.1) is 0 Å². The van der Waals surface area contributed by atoms with Crippen molar-refractivity contribution in [2.24, 2.45) is 5.92 Å². The van der Waals surface area contributed by atoms with Crippen LogP contribution in [-0.2, 0) is 28.5 Å². The van der Waals surface area contributed by atoms with Crippen molar-refractivity contribution >= 4 is 46.7 Å². The molecule has 2 heterocycles. The molecule has 0 aromatic heterocycles. The number of carbonyl (C=O) groups is 1. The van der Waals surface area contributed by atoms with Crippen LogP contribution in [0.5, 0.6) is 0 Å². The number of halogens is 3. The third-order valence-corrected chi connectivity index (χ3v) is 5.00. The smallest absolute Gasteiger partial charge is 0.306 e. The molecule has 2 fully saturated rings. The van der Waals surface area contributed by atoms with Crippen molar-refractivity contribution in [3.8, 4) is 0 Å². The summed E-state index contributed by atoms with van der Waals surface area (Å²) in [5, 5.41) is 7.80. The molecule has 1 aromatic rings. The normalized spacial score (nSPS) is 29.0. The molecule has 0 bridgehead atoms. The lowest BCUT2D eigenvalue weighted by Crippen LogP contribution is -2.47. The van der Waals surface area contributed by atoms with Gasteiger partial charge in [-0.25, -0.2) is 0 Å². The SMILES string of the molecule is CC(C)CC(=O)OC[C@@]12CO[C@@H](OC(=N)C(Cl)(Cl)Cl)[C@@H]1OC(c1ccccc1)O2. The van der Waals surface area contributed by atoms with Crippen molar-refractivity contribution in [2.75, 3.05) is 13.2 Å². The fourth-order valence-electron chi connectivity index (χ4n) is 3.09. The maximum atomic E-state index is 12.1. The molecular formula is C19H22Cl3NO6. The summed E-state index contributed by atoms with van der Waals surface area (Å²) >= 11 is 17.1. The van der Waals surface area contributed by atoms with Gasteiger partial charge in [-0.2, -0.15) is 0 Å². The Bertz CT molecular complexity index is 741. The minimum absolute atomic E-state index is 0.0216. The summed E-state index contributed by atoms with van der Waals surface area (Å²) < 4.78 is 26.5. The molecule has 29 heavy (non-hydrogen) atoms. The lowest BCUT2D eigenvalue weighted by Gasteiger charge is -2.25. The lowest BCUT2D eigenvalue weighted by molar-refractivity contribution is -0.175. The summed E-state index contributed by atoms with van der Waals surface area (Å²) in [5.74, 6) is -0.792. The highest BCUT2D eigenvalue weighted by molar-refractivity contribution is 6.76. The van der Waals surface area contributed by atoms with Gasteiger partial charge in [0, 0.05) is 12.0 Å². The molecule has 0 saturated carbocycles. The summed E-state index contributed by atoms with van der Waals surface area (Å²) in [7, 11) is 0. The minimum atomic E-state index is -2.05. The van der Waals surface area contributed by atoms with Crippen LogP contribution < -0.4 is 0 Å². The fraction of sp³-hybridized carbons (Fsp3) is 0.579. The fourth-order valence-corrected chi connectivity index (χ4v) is 3.23. The zero-order chi connectivity index (χ0) is 21.2. The molecular weight excluding hydrogens is 445 g/mol. The topological polar surface area (TPSA) is 87.1 Å².